The monoisotopic (exact) mass is 378 g/mol. The van der Waals surface area contributed by atoms with Crippen LogP contribution in [0.2, 0.25) is 0 Å². The van der Waals surface area contributed by atoms with Crippen molar-refractivity contribution in [1.29, 1.82) is 5.26 Å². The molecule has 0 fully saturated rings. The zero-order valence-corrected chi connectivity index (χ0v) is 16.3. The number of nitrogens with zero attached hydrogens (tertiary/aromatic N) is 2. The van der Waals surface area contributed by atoms with Crippen LogP contribution in [0, 0.1) is 17.2 Å². The molecular weight excluding hydrogens is 356 g/mol. The summed E-state index contributed by atoms with van der Waals surface area (Å²) < 4.78 is 5.57. The summed E-state index contributed by atoms with van der Waals surface area (Å²) in [4.78, 5) is 28.5. The highest BCUT2D eigenvalue weighted by molar-refractivity contribution is 6.19. The zero-order chi connectivity index (χ0) is 20.4. The fraction of sp³-hybridized carbons (Fsp3) is 0.381. The second kappa shape index (κ2) is 5.61. The van der Waals surface area contributed by atoms with Crippen molar-refractivity contribution in [3.63, 3.8) is 0 Å². The first kappa shape index (κ1) is 18.1. The van der Waals surface area contributed by atoms with E-state index in [4.69, 9.17) is 10.5 Å². The Bertz CT molecular complexity index is 1030. The fourth-order valence-corrected chi connectivity index (χ4v) is 4.44. The number of hydrogen-bond donors (Lipinski definition) is 2. The van der Waals surface area contributed by atoms with E-state index in [1.54, 1.807) is 30.9 Å². The molecule has 1 aromatic rings. The summed E-state index contributed by atoms with van der Waals surface area (Å²) in [7, 11) is 0. The van der Waals surface area contributed by atoms with Crippen LogP contribution in [0.4, 0.5) is 5.69 Å². The Kier molecular flexibility index (Phi) is 3.63. The summed E-state index contributed by atoms with van der Waals surface area (Å²) in [6.45, 7) is 7.95. The third kappa shape index (κ3) is 2.03. The molecule has 1 unspecified atom stereocenters. The molecule has 1 amide bonds. The highest BCUT2D eigenvalue weighted by Crippen LogP contribution is 2.56. The van der Waals surface area contributed by atoms with Crippen molar-refractivity contribution >= 4 is 17.6 Å². The largest absolute Gasteiger partial charge is 0.450 e. The van der Waals surface area contributed by atoms with Crippen LogP contribution in [0.1, 0.15) is 33.3 Å². The summed E-state index contributed by atoms with van der Waals surface area (Å²) >= 11 is 0. The van der Waals surface area contributed by atoms with Crippen molar-refractivity contribution < 1.29 is 14.3 Å². The number of esters is 1. The number of dihydropyridines is 1. The van der Waals surface area contributed by atoms with E-state index in [-0.39, 0.29) is 28.8 Å². The van der Waals surface area contributed by atoms with E-state index >= 15 is 0 Å². The standard InChI is InChI=1S/C21H22N4O3/c1-11(2)10-25-14-8-6-5-7-12(14)21(19(25)27)13(9-22)17(23)24-16-15(21)18(26)28-20(16,3)4/h5-8,11,24H,10,23H2,1-4H3. The van der Waals surface area contributed by atoms with Crippen molar-refractivity contribution in [1.82, 2.24) is 5.32 Å². The van der Waals surface area contributed by atoms with Gasteiger partial charge in [-0.3, -0.25) is 4.79 Å². The van der Waals surface area contributed by atoms with Crippen LogP contribution in [0.3, 0.4) is 0 Å². The van der Waals surface area contributed by atoms with Gasteiger partial charge in [-0.25, -0.2) is 4.79 Å². The smallest absolute Gasteiger partial charge is 0.338 e. The Balaban J connectivity index is 2.10. The van der Waals surface area contributed by atoms with Gasteiger partial charge in [0.05, 0.1) is 16.8 Å². The molecule has 3 aliphatic rings. The second-order valence-corrected chi connectivity index (χ2v) is 8.25. The second-order valence-electron chi connectivity index (χ2n) is 8.25. The minimum absolute atomic E-state index is 0.0320. The van der Waals surface area contributed by atoms with E-state index in [0.717, 1.165) is 0 Å². The molecule has 1 spiro atoms. The average Bonchev–Trinajstić information content (AvgIpc) is 2.98. The van der Waals surface area contributed by atoms with Crippen LogP contribution in [0.25, 0.3) is 0 Å². The van der Waals surface area contributed by atoms with Crippen LogP contribution in [-0.2, 0) is 19.7 Å². The molecular formula is C21H22N4O3. The van der Waals surface area contributed by atoms with E-state index in [2.05, 4.69) is 11.4 Å². The van der Waals surface area contributed by atoms with Crippen LogP contribution in [-0.4, -0.2) is 24.0 Å². The lowest BCUT2D eigenvalue weighted by Gasteiger charge is -2.34. The van der Waals surface area contributed by atoms with E-state index < -0.39 is 17.0 Å². The molecule has 0 bridgehead atoms. The van der Waals surface area contributed by atoms with Crippen LogP contribution < -0.4 is 16.0 Å². The third-order valence-electron chi connectivity index (χ3n) is 5.51. The SMILES string of the molecule is CC(C)CN1C(=O)C2(C(C#N)=C(N)NC3=C2C(=O)OC3(C)C)c2ccccc21. The fourth-order valence-electron chi connectivity index (χ4n) is 4.44. The quantitative estimate of drug-likeness (QED) is 0.760. The maximum absolute atomic E-state index is 13.9. The number of cyclic esters (lactones) is 1. The van der Waals surface area contributed by atoms with Gasteiger partial charge in [0.15, 0.2) is 0 Å². The average molecular weight is 378 g/mol. The van der Waals surface area contributed by atoms with Crippen LogP contribution in [0.15, 0.2) is 46.9 Å². The predicted octanol–water partition coefficient (Wildman–Crippen LogP) is 1.81. The molecule has 3 aliphatic heterocycles. The molecule has 28 heavy (non-hydrogen) atoms. The molecule has 144 valence electrons. The first-order chi connectivity index (χ1) is 13.2. The number of carbonyl (C=O) groups is 2. The van der Waals surface area contributed by atoms with Gasteiger partial charge in [0.25, 0.3) is 0 Å². The number of para-hydroxylation sites is 1. The molecule has 0 aliphatic carbocycles. The number of benzene rings is 1. The Labute approximate surface area is 163 Å². The van der Waals surface area contributed by atoms with Gasteiger partial charge < -0.3 is 20.7 Å². The molecule has 3 heterocycles. The van der Waals surface area contributed by atoms with Crippen molar-refractivity contribution in [2.45, 2.75) is 38.7 Å². The number of amides is 1. The minimum atomic E-state index is -1.59. The Hall–Kier alpha value is -3.27. The topological polar surface area (TPSA) is 108 Å². The number of fused-ring (bicyclic) bond motifs is 3. The summed E-state index contributed by atoms with van der Waals surface area (Å²) in [6, 6.07) is 9.35. The number of ether oxygens (including phenoxy) is 1. The van der Waals surface area contributed by atoms with Crippen molar-refractivity contribution in [3.05, 3.63) is 52.5 Å². The molecule has 1 atom stereocenters. The normalized spacial score (nSPS) is 25.1. The Morgan fingerprint density at radius 2 is 1.96 bits per heavy atom. The summed E-state index contributed by atoms with van der Waals surface area (Å²) in [5.74, 6) is -0.684. The molecule has 7 heteroatoms. The zero-order valence-electron chi connectivity index (χ0n) is 16.3. The van der Waals surface area contributed by atoms with Crippen molar-refractivity contribution in [2.24, 2.45) is 11.7 Å². The molecule has 0 saturated heterocycles. The lowest BCUT2D eigenvalue weighted by molar-refractivity contribution is -0.145. The van der Waals surface area contributed by atoms with Gasteiger partial charge >= 0.3 is 5.97 Å². The first-order valence-electron chi connectivity index (χ1n) is 9.23. The van der Waals surface area contributed by atoms with E-state index in [1.165, 1.54) is 0 Å². The summed E-state index contributed by atoms with van der Waals surface area (Å²) in [6.07, 6.45) is 0. The van der Waals surface area contributed by atoms with Gasteiger partial charge in [-0.1, -0.05) is 32.0 Å². The van der Waals surface area contributed by atoms with Gasteiger partial charge in [0, 0.05) is 17.8 Å². The highest BCUT2D eigenvalue weighted by Gasteiger charge is 2.65. The van der Waals surface area contributed by atoms with Gasteiger partial charge in [-0.15, -0.1) is 0 Å². The molecule has 0 aromatic heterocycles. The maximum Gasteiger partial charge on any atom is 0.338 e. The van der Waals surface area contributed by atoms with E-state index in [1.807, 2.05) is 26.0 Å². The van der Waals surface area contributed by atoms with Crippen LogP contribution in [0.5, 0.6) is 0 Å². The predicted molar refractivity (Wildman–Crippen MR) is 102 cm³/mol. The molecule has 3 N–H and O–H groups in total. The van der Waals surface area contributed by atoms with Crippen molar-refractivity contribution in [2.75, 3.05) is 11.4 Å². The summed E-state index contributed by atoms with van der Waals surface area (Å²) in [5, 5.41) is 12.9. The third-order valence-corrected chi connectivity index (χ3v) is 5.51. The number of nitrogens with one attached hydrogen (secondary N) is 1. The summed E-state index contributed by atoms with van der Waals surface area (Å²) in [5.41, 5.74) is 5.54. The van der Waals surface area contributed by atoms with E-state index in [9.17, 15) is 14.9 Å². The molecule has 4 rings (SSSR count). The van der Waals surface area contributed by atoms with Gasteiger partial charge in [-0.2, -0.15) is 5.26 Å². The first-order valence-corrected chi connectivity index (χ1v) is 9.23. The Morgan fingerprint density at radius 3 is 2.61 bits per heavy atom. The molecule has 7 nitrogen and oxygen atoms in total. The maximum atomic E-state index is 13.9. The minimum Gasteiger partial charge on any atom is -0.450 e. The molecule has 1 aromatic carbocycles. The number of anilines is 1. The number of nitriles is 1. The van der Waals surface area contributed by atoms with Gasteiger partial charge in [0.2, 0.25) is 5.91 Å². The van der Waals surface area contributed by atoms with Gasteiger partial charge in [0.1, 0.15) is 22.9 Å². The van der Waals surface area contributed by atoms with Gasteiger partial charge in [-0.05, 0) is 25.8 Å². The number of carbonyl (C=O) groups excluding carboxylic acids is 2. The lowest BCUT2D eigenvalue weighted by Crippen LogP contribution is -2.50. The van der Waals surface area contributed by atoms with E-state index in [0.29, 0.717) is 23.5 Å². The molecule has 0 radical (unpaired) electrons. The van der Waals surface area contributed by atoms with Crippen LogP contribution >= 0.6 is 0 Å². The number of nitrogens with two attached hydrogens (primary N) is 1. The number of hydrogen-bond acceptors (Lipinski definition) is 6. The molecule has 0 saturated carbocycles. The highest BCUT2D eigenvalue weighted by atomic mass is 16.6. The number of rotatable bonds is 2. The van der Waals surface area contributed by atoms with Crippen molar-refractivity contribution in [3.8, 4) is 6.07 Å². The lowest BCUT2D eigenvalue weighted by atomic mass is 9.67. The Morgan fingerprint density at radius 1 is 1.29 bits per heavy atom.